The third-order valence-electron chi connectivity index (χ3n) is 1.63. The second-order valence-electron chi connectivity index (χ2n) is 3.29. The highest BCUT2D eigenvalue weighted by Crippen LogP contribution is 1.94. The maximum atomic E-state index is 11.7. The van der Waals surface area contributed by atoms with Crippen LogP contribution in [0.15, 0.2) is 0 Å². The first-order chi connectivity index (χ1) is 5.52. The average Bonchev–Trinajstić information content (AvgIpc) is 1.96. The van der Waals surface area contributed by atoms with Gasteiger partial charge >= 0.3 is 0 Å². The molecule has 0 heterocycles. The van der Waals surface area contributed by atoms with Crippen LogP contribution in [-0.4, -0.2) is 44.6 Å². The van der Waals surface area contributed by atoms with Crippen molar-refractivity contribution in [3.63, 3.8) is 0 Å². The molecule has 1 atom stereocenters. The number of hydrogen-bond donors (Lipinski definition) is 1. The first kappa shape index (κ1) is 11.8. The lowest BCUT2D eigenvalue weighted by atomic mass is 10.2. The van der Waals surface area contributed by atoms with Crippen molar-refractivity contribution in [2.24, 2.45) is 0 Å². The van der Waals surface area contributed by atoms with E-state index in [4.69, 9.17) is 0 Å². The lowest BCUT2D eigenvalue weighted by molar-refractivity contribution is 0.141. The van der Waals surface area contributed by atoms with E-state index in [0.29, 0.717) is 0 Å². The van der Waals surface area contributed by atoms with Crippen molar-refractivity contribution in [2.75, 3.05) is 27.2 Å². The van der Waals surface area contributed by atoms with Crippen LogP contribution in [0.5, 0.6) is 0 Å². The van der Waals surface area contributed by atoms with E-state index < -0.39 is 6.43 Å². The molecule has 0 aromatic rings. The number of alkyl halides is 2. The second-order valence-corrected chi connectivity index (χ2v) is 3.29. The largest absolute Gasteiger partial charge is 0.309 e. The number of halogens is 2. The smallest absolute Gasteiger partial charge is 0.250 e. The van der Waals surface area contributed by atoms with Crippen LogP contribution < -0.4 is 5.32 Å². The maximum Gasteiger partial charge on any atom is 0.250 e. The maximum absolute atomic E-state index is 11.7. The molecule has 0 aromatic heterocycles. The van der Waals surface area contributed by atoms with Crippen LogP contribution in [0.25, 0.3) is 0 Å². The van der Waals surface area contributed by atoms with Gasteiger partial charge in [-0.2, -0.15) is 0 Å². The predicted octanol–water partition coefficient (Wildman–Crippen LogP) is 1.18. The molecular weight excluding hydrogens is 162 g/mol. The van der Waals surface area contributed by atoms with Gasteiger partial charge in [0.25, 0.3) is 6.43 Å². The van der Waals surface area contributed by atoms with Crippen LogP contribution in [0.2, 0.25) is 0 Å². The van der Waals surface area contributed by atoms with E-state index in [9.17, 15) is 8.78 Å². The van der Waals surface area contributed by atoms with Crippen LogP contribution in [0.3, 0.4) is 0 Å². The first-order valence-electron chi connectivity index (χ1n) is 4.18. The number of nitrogens with one attached hydrogen (secondary N) is 1. The van der Waals surface area contributed by atoms with Gasteiger partial charge in [0.2, 0.25) is 0 Å². The van der Waals surface area contributed by atoms with Crippen molar-refractivity contribution in [3.05, 3.63) is 0 Å². The van der Waals surface area contributed by atoms with E-state index in [1.54, 1.807) is 0 Å². The van der Waals surface area contributed by atoms with Crippen molar-refractivity contribution >= 4 is 0 Å². The van der Waals surface area contributed by atoms with Gasteiger partial charge in [-0.3, -0.25) is 0 Å². The summed E-state index contributed by atoms with van der Waals surface area (Å²) in [7, 11) is 3.94. The molecule has 0 aromatic carbocycles. The zero-order valence-electron chi connectivity index (χ0n) is 7.98. The van der Waals surface area contributed by atoms with Crippen molar-refractivity contribution in [2.45, 2.75) is 25.8 Å². The highest BCUT2D eigenvalue weighted by atomic mass is 19.3. The average molecular weight is 180 g/mol. The van der Waals surface area contributed by atoms with Gasteiger partial charge in [0.15, 0.2) is 0 Å². The van der Waals surface area contributed by atoms with Crippen molar-refractivity contribution < 1.29 is 8.78 Å². The molecule has 0 spiro atoms. The Morgan fingerprint density at radius 1 is 1.33 bits per heavy atom. The van der Waals surface area contributed by atoms with E-state index >= 15 is 0 Å². The molecule has 74 valence electrons. The minimum atomic E-state index is -2.24. The molecule has 0 aliphatic heterocycles. The van der Waals surface area contributed by atoms with Crippen LogP contribution >= 0.6 is 0 Å². The SMILES string of the molecule is CC(CCN(C)C)NCC(F)F. The van der Waals surface area contributed by atoms with E-state index in [1.807, 2.05) is 25.9 Å². The van der Waals surface area contributed by atoms with Gasteiger partial charge in [-0.25, -0.2) is 8.78 Å². The zero-order valence-corrected chi connectivity index (χ0v) is 7.98. The van der Waals surface area contributed by atoms with Gasteiger partial charge in [-0.05, 0) is 34.0 Å². The Morgan fingerprint density at radius 2 is 1.92 bits per heavy atom. The van der Waals surface area contributed by atoms with Gasteiger partial charge in [-0.15, -0.1) is 0 Å². The molecule has 0 bridgehead atoms. The molecule has 1 N–H and O–H groups in total. The fourth-order valence-electron chi connectivity index (χ4n) is 0.844. The van der Waals surface area contributed by atoms with Gasteiger partial charge in [0.05, 0.1) is 6.54 Å². The minimum Gasteiger partial charge on any atom is -0.309 e. The number of hydrogen-bond acceptors (Lipinski definition) is 2. The Hall–Kier alpha value is -0.220. The molecule has 0 aliphatic carbocycles. The Labute approximate surface area is 72.9 Å². The standard InChI is InChI=1S/C8H18F2N2/c1-7(4-5-12(2)3)11-6-8(9)10/h7-8,11H,4-6H2,1-3H3. The van der Waals surface area contributed by atoms with E-state index in [-0.39, 0.29) is 12.6 Å². The van der Waals surface area contributed by atoms with Crippen molar-refractivity contribution in [1.29, 1.82) is 0 Å². The molecule has 2 nitrogen and oxygen atoms in total. The number of nitrogens with zero attached hydrogens (tertiary/aromatic N) is 1. The zero-order chi connectivity index (χ0) is 9.56. The molecule has 12 heavy (non-hydrogen) atoms. The van der Waals surface area contributed by atoms with Crippen LogP contribution in [-0.2, 0) is 0 Å². The van der Waals surface area contributed by atoms with E-state index in [2.05, 4.69) is 5.32 Å². The summed E-state index contributed by atoms with van der Waals surface area (Å²) in [6.45, 7) is 2.65. The Kier molecular flexibility index (Phi) is 6.20. The summed E-state index contributed by atoms with van der Waals surface area (Å²) < 4.78 is 23.4. The third kappa shape index (κ3) is 7.88. The van der Waals surface area contributed by atoms with Crippen molar-refractivity contribution in [3.8, 4) is 0 Å². The topological polar surface area (TPSA) is 15.3 Å². The molecule has 0 radical (unpaired) electrons. The third-order valence-corrected chi connectivity index (χ3v) is 1.63. The van der Waals surface area contributed by atoms with E-state index in [1.165, 1.54) is 0 Å². The summed E-state index contributed by atoms with van der Waals surface area (Å²) in [5.41, 5.74) is 0. The predicted molar refractivity (Wildman–Crippen MR) is 46.6 cm³/mol. The molecule has 0 amide bonds. The van der Waals surface area contributed by atoms with Crippen LogP contribution in [0.1, 0.15) is 13.3 Å². The summed E-state index contributed by atoms with van der Waals surface area (Å²) in [5.74, 6) is 0. The van der Waals surface area contributed by atoms with E-state index in [0.717, 1.165) is 13.0 Å². The normalized spacial score (nSPS) is 14.2. The van der Waals surface area contributed by atoms with Crippen LogP contribution in [0.4, 0.5) is 8.78 Å². The summed E-state index contributed by atoms with van der Waals surface area (Å²) in [4.78, 5) is 2.04. The summed E-state index contributed by atoms with van der Waals surface area (Å²) in [5, 5.41) is 2.76. The lowest BCUT2D eigenvalue weighted by Crippen LogP contribution is -2.33. The van der Waals surface area contributed by atoms with Gasteiger partial charge in [0.1, 0.15) is 0 Å². The molecular formula is C8H18F2N2. The molecule has 0 rings (SSSR count). The number of rotatable bonds is 6. The quantitative estimate of drug-likeness (QED) is 0.660. The molecule has 0 fully saturated rings. The van der Waals surface area contributed by atoms with Gasteiger partial charge in [-0.1, -0.05) is 0 Å². The fourth-order valence-corrected chi connectivity index (χ4v) is 0.844. The highest BCUT2D eigenvalue weighted by molar-refractivity contribution is 4.62. The lowest BCUT2D eigenvalue weighted by Gasteiger charge is -2.16. The molecule has 0 aliphatic rings. The molecule has 0 saturated carbocycles. The summed E-state index contributed by atoms with van der Waals surface area (Å²) in [6.07, 6.45) is -1.34. The van der Waals surface area contributed by atoms with Crippen molar-refractivity contribution in [1.82, 2.24) is 10.2 Å². The fraction of sp³-hybridized carbons (Fsp3) is 1.00. The second kappa shape index (κ2) is 6.31. The molecule has 4 heteroatoms. The van der Waals surface area contributed by atoms with Gasteiger partial charge in [0, 0.05) is 6.04 Å². The first-order valence-corrected chi connectivity index (χ1v) is 4.18. The summed E-state index contributed by atoms with van der Waals surface area (Å²) in [6, 6.07) is 0.168. The Morgan fingerprint density at radius 3 is 2.33 bits per heavy atom. The Bertz CT molecular complexity index is 95.2. The Balaban J connectivity index is 3.27. The van der Waals surface area contributed by atoms with Gasteiger partial charge < -0.3 is 10.2 Å². The minimum absolute atomic E-state index is 0.168. The highest BCUT2D eigenvalue weighted by Gasteiger charge is 2.05. The molecule has 1 unspecified atom stereocenters. The molecule has 0 saturated heterocycles. The summed E-state index contributed by atoms with van der Waals surface area (Å²) >= 11 is 0. The van der Waals surface area contributed by atoms with Crippen LogP contribution in [0, 0.1) is 0 Å². The monoisotopic (exact) mass is 180 g/mol.